The first-order valence-electron chi connectivity index (χ1n) is 6.52. The highest BCUT2D eigenvalue weighted by atomic mass is 19.1. The second-order valence-corrected chi connectivity index (χ2v) is 4.62. The summed E-state index contributed by atoms with van der Waals surface area (Å²) in [6.45, 7) is 1.85. The van der Waals surface area contributed by atoms with Crippen molar-refractivity contribution in [2.24, 2.45) is 0 Å². The van der Waals surface area contributed by atoms with E-state index in [1.807, 2.05) is 13.0 Å². The molecule has 2 amide bonds. The Morgan fingerprint density at radius 1 is 1.05 bits per heavy atom. The summed E-state index contributed by atoms with van der Waals surface area (Å²) in [7, 11) is 1.47. The fourth-order valence-electron chi connectivity index (χ4n) is 1.85. The van der Waals surface area contributed by atoms with E-state index in [4.69, 9.17) is 4.74 Å². The Morgan fingerprint density at radius 3 is 2.45 bits per heavy atom. The Labute approximate surface area is 127 Å². The Morgan fingerprint density at radius 2 is 1.77 bits per heavy atom. The van der Waals surface area contributed by atoms with E-state index in [0.29, 0.717) is 11.4 Å². The third kappa shape index (κ3) is 3.82. The van der Waals surface area contributed by atoms with Crippen LogP contribution in [0.15, 0.2) is 42.5 Å². The van der Waals surface area contributed by atoms with Gasteiger partial charge in [-0.3, -0.25) is 9.59 Å². The molecule has 2 N–H and O–H groups in total. The highest BCUT2D eigenvalue weighted by Gasteiger charge is 2.16. The summed E-state index contributed by atoms with van der Waals surface area (Å²) in [5.74, 6) is -1.82. The Kier molecular flexibility index (Phi) is 4.73. The summed E-state index contributed by atoms with van der Waals surface area (Å²) in [5.41, 5.74) is 1.50. The molecular formula is C16H15FN2O3. The van der Waals surface area contributed by atoms with Crippen LogP contribution in [0.5, 0.6) is 5.75 Å². The van der Waals surface area contributed by atoms with E-state index in [1.54, 1.807) is 12.1 Å². The molecule has 0 aliphatic rings. The van der Waals surface area contributed by atoms with Gasteiger partial charge in [-0.05, 0) is 42.8 Å². The van der Waals surface area contributed by atoms with E-state index in [9.17, 15) is 14.0 Å². The van der Waals surface area contributed by atoms with Gasteiger partial charge in [0.15, 0.2) is 0 Å². The van der Waals surface area contributed by atoms with E-state index in [1.165, 1.54) is 25.3 Å². The number of methoxy groups -OCH3 is 1. The number of halogens is 1. The molecule has 114 valence electrons. The Balaban J connectivity index is 2.09. The maximum atomic E-state index is 13.0. The lowest BCUT2D eigenvalue weighted by molar-refractivity contribution is -0.133. The molecule has 0 aliphatic carbocycles. The first-order valence-corrected chi connectivity index (χ1v) is 6.52. The number of nitrogens with one attached hydrogen (secondary N) is 2. The molecule has 0 fully saturated rings. The van der Waals surface area contributed by atoms with Gasteiger partial charge in [-0.15, -0.1) is 0 Å². The summed E-state index contributed by atoms with van der Waals surface area (Å²) in [6, 6.07) is 10.5. The van der Waals surface area contributed by atoms with Crippen molar-refractivity contribution in [3.8, 4) is 5.75 Å². The molecule has 6 heteroatoms. The third-order valence-corrected chi connectivity index (χ3v) is 2.89. The van der Waals surface area contributed by atoms with Crippen molar-refractivity contribution in [3.05, 3.63) is 53.8 Å². The van der Waals surface area contributed by atoms with Crippen molar-refractivity contribution < 1.29 is 18.7 Å². The number of hydrogen-bond acceptors (Lipinski definition) is 3. The monoisotopic (exact) mass is 302 g/mol. The smallest absolute Gasteiger partial charge is 0.314 e. The van der Waals surface area contributed by atoms with Gasteiger partial charge >= 0.3 is 11.8 Å². The van der Waals surface area contributed by atoms with Crippen molar-refractivity contribution in [2.75, 3.05) is 17.7 Å². The van der Waals surface area contributed by atoms with Crippen LogP contribution >= 0.6 is 0 Å². The number of anilines is 2. The molecule has 0 aliphatic heterocycles. The third-order valence-electron chi connectivity index (χ3n) is 2.89. The minimum absolute atomic E-state index is 0.205. The molecule has 0 aromatic heterocycles. The van der Waals surface area contributed by atoms with Crippen LogP contribution in [0.2, 0.25) is 0 Å². The molecule has 2 aromatic carbocycles. The Bertz CT molecular complexity index is 716. The number of aryl methyl sites for hydroxylation is 1. The molecule has 2 aromatic rings. The maximum Gasteiger partial charge on any atom is 0.314 e. The molecule has 2 rings (SSSR count). The lowest BCUT2D eigenvalue weighted by Gasteiger charge is -2.11. The predicted molar refractivity (Wildman–Crippen MR) is 81.4 cm³/mol. The van der Waals surface area contributed by atoms with Crippen molar-refractivity contribution in [3.63, 3.8) is 0 Å². The summed E-state index contributed by atoms with van der Waals surface area (Å²) in [4.78, 5) is 23.7. The fourth-order valence-corrected chi connectivity index (χ4v) is 1.85. The largest absolute Gasteiger partial charge is 0.495 e. The van der Waals surface area contributed by atoms with Crippen LogP contribution in [0.3, 0.4) is 0 Å². The molecule has 0 radical (unpaired) electrons. The normalized spacial score (nSPS) is 9.95. The van der Waals surface area contributed by atoms with E-state index in [-0.39, 0.29) is 5.69 Å². The number of hydrogen-bond donors (Lipinski definition) is 2. The van der Waals surface area contributed by atoms with Crippen LogP contribution in [0.4, 0.5) is 15.8 Å². The molecule has 5 nitrogen and oxygen atoms in total. The molecule has 0 atom stereocenters. The minimum atomic E-state index is -0.894. The average molecular weight is 302 g/mol. The molecule has 0 unspecified atom stereocenters. The van der Waals surface area contributed by atoms with Crippen LogP contribution in [0.1, 0.15) is 5.56 Å². The van der Waals surface area contributed by atoms with E-state index >= 15 is 0 Å². The molecule has 0 bridgehead atoms. The number of benzene rings is 2. The van der Waals surface area contributed by atoms with Crippen molar-refractivity contribution in [2.45, 2.75) is 6.92 Å². The van der Waals surface area contributed by atoms with Crippen molar-refractivity contribution >= 4 is 23.2 Å². The van der Waals surface area contributed by atoms with Gasteiger partial charge in [0.25, 0.3) is 0 Å². The lowest BCUT2D eigenvalue weighted by Crippen LogP contribution is -2.29. The lowest BCUT2D eigenvalue weighted by atomic mass is 10.2. The van der Waals surface area contributed by atoms with E-state index in [2.05, 4.69) is 10.6 Å². The van der Waals surface area contributed by atoms with Gasteiger partial charge in [-0.1, -0.05) is 12.1 Å². The quantitative estimate of drug-likeness (QED) is 0.857. The Hall–Kier alpha value is -2.89. The van der Waals surface area contributed by atoms with Gasteiger partial charge in [0.1, 0.15) is 11.6 Å². The van der Waals surface area contributed by atoms with Gasteiger partial charge in [-0.25, -0.2) is 4.39 Å². The van der Waals surface area contributed by atoms with Gasteiger partial charge in [0.05, 0.1) is 12.8 Å². The molecule has 0 heterocycles. The summed E-state index contributed by atoms with van der Waals surface area (Å²) in [5, 5.41) is 4.79. The van der Waals surface area contributed by atoms with E-state index in [0.717, 1.165) is 11.6 Å². The standard InChI is InChI=1S/C16H15FN2O3/c1-10-6-7-14(22-2)13(8-10)19-16(21)15(20)18-12-5-3-4-11(17)9-12/h3-9H,1-2H3,(H,18,20)(H,19,21). The second-order valence-electron chi connectivity index (χ2n) is 4.62. The predicted octanol–water partition coefficient (Wildman–Crippen LogP) is 2.72. The van der Waals surface area contributed by atoms with Crippen LogP contribution in [0, 0.1) is 12.7 Å². The van der Waals surface area contributed by atoms with Crippen LogP contribution < -0.4 is 15.4 Å². The molecule has 0 spiro atoms. The van der Waals surface area contributed by atoms with Crippen molar-refractivity contribution in [1.29, 1.82) is 0 Å². The van der Waals surface area contributed by atoms with E-state index < -0.39 is 17.6 Å². The summed E-state index contributed by atoms with van der Waals surface area (Å²) < 4.78 is 18.2. The number of carbonyl (C=O) groups is 2. The van der Waals surface area contributed by atoms with Crippen LogP contribution in [0.25, 0.3) is 0 Å². The number of rotatable bonds is 3. The zero-order valence-electron chi connectivity index (χ0n) is 12.1. The van der Waals surface area contributed by atoms with Crippen molar-refractivity contribution in [1.82, 2.24) is 0 Å². The molecule has 22 heavy (non-hydrogen) atoms. The van der Waals surface area contributed by atoms with Crippen LogP contribution in [-0.2, 0) is 9.59 Å². The van der Waals surface area contributed by atoms with Gasteiger partial charge in [0, 0.05) is 5.69 Å². The number of amides is 2. The number of ether oxygens (including phenoxy) is 1. The SMILES string of the molecule is COc1ccc(C)cc1NC(=O)C(=O)Nc1cccc(F)c1. The second kappa shape index (κ2) is 6.71. The minimum Gasteiger partial charge on any atom is -0.495 e. The maximum absolute atomic E-state index is 13.0. The topological polar surface area (TPSA) is 67.4 Å². The highest BCUT2D eigenvalue weighted by molar-refractivity contribution is 6.43. The first kappa shape index (κ1) is 15.5. The zero-order chi connectivity index (χ0) is 16.1. The fraction of sp³-hybridized carbons (Fsp3) is 0.125. The molecular weight excluding hydrogens is 287 g/mol. The summed E-state index contributed by atoms with van der Waals surface area (Å²) >= 11 is 0. The average Bonchev–Trinajstić information content (AvgIpc) is 2.47. The number of carbonyl (C=O) groups excluding carboxylic acids is 2. The van der Waals surface area contributed by atoms with Crippen LogP contribution in [-0.4, -0.2) is 18.9 Å². The molecule has 0 saturated heterocycles. The zero-order valence-corrected chi connectivity index (χ0v) is 12.1. The highest BCUT2D eigenvalue weighted by Crippen LogP contribution is 2.25. The summed E-state index contributed by atoms with van der Waals surface area (Å²) in [6.07, 6.45) is 0. The first-order chi connectivity index (χ1) is 10.5. The van der Waals surface area contributed by atoms with Gasteiger partial charge in [-0.2, -0.15) is 0 Å². The molecule has 0 saturated carbocycles. The van der Waals surface area contributed by atoms with Gasteiger partial charge < -0.3 is 15.4 Å². The van der Waals surface area contributed by atoms with Gasteiger partial charge in [0.2, 0.25) is 0 Å².